The number of halogens is 1. The fourth-order valence-corrected chi connectivity index (χ4v) is 4.69. The Balaban J connectivity index is 2.40. The molecule has 35 heavy (non-hydrogen) atoms. The molecule has 0 saturated heterocycles. The molecule has 7 nitrogen and oxygen atoms in total. The number of rotatable bonds is 12. The first-order chi connectivity index (χ1) is 16.5. The van der Waals surface area contributed by atoms with Gasteiger partial charge in [0, 0.05) is 18.1 Å². The second kappa shape index (κ2) is 12.9. The van der Waals surface area contributed by atoms with E-state index in [-0.39, 0.29) is 12.5 Å². The highest BCUT2D eigenvalue weighted by atomic mass is 35.5. The zero-order valence-electron chi connectivity index (χ0n) is 21.1. The molecule has 2 aromatic rings. The second-order valence-corrected chi connectivity index (χ2v) is 11.2. The lowest BCUT2D eigenvalue weighted by Crippen LogP contribution is -2.52. The van der Waals surface area contributed by atoms with Crippen molar-refractivity contribution in [1.82, 2.24) is 10.2 Å². The van der Waals surface area contributed by atoms with Crippen molar-refractivity contribution < 1.29 is 18.0 Å². The number of hydrogen-bond donors (Lipinski definition) is 1. The highest BCUT2D eigenvalue weighted by Gasteiger charge is 2.31. The number of sulfonamides is 1. The van der Waals surface area contributed by atoms with Crippen molar-refractivity contribution in [1.29, 1.82) is 0 Å². The minimum Gasteiger partial charge on any atom is -0.354 e. The standard InChI is InChI=1S/C26H36ClN3O4S/c1-6-16-28-26(32)24(7-2)29(17-20-8-12-22(27)13-9-20)25(31)18-30(35(5,33)34)23-14-10-21(11-15-23)19(3)4/h8-15,19,24H,6-7,16-18H2,1-5H3,(H,28,32)/t24-/m0/s1. The third-order valence-electron chi connectivity index (χ3n) is 5.73. The van der Waals surface area contributed by atoms with Crippen LogP contribution in [0.4, 0.5) is 5.69 Å². The summed E-state index contributed by atoms with van der Waals surface area (Å²) in [4.78, 5) is 28.0. The van der Waals surface area contributed by atoms with Gasteiger partial charge in [-0.25, -0.2) is 8.42 Å². The maximum absolute atomic E-state index is 13.6. The van der Waals surface area contributed by atoms with Gasteiger partial charge in [-0.2, -0.15) is 0 Å². The van der Waals surface area contributed by atoms with Crippen LogP contribution < -0.4 is 9.62 Å². The SMILES string of the molecule is CCCNC(=O)[C@H](CC)N(Cc1ccc(Cl)cc1)C(=O)CN(c1ccc(C(C)C)cc1)S(C)(=O)=O. The third-order valence-corrected chi connectivity index (χ3v) is 7.12. The van der Waals surface area contributed by atoms with E-state index in [1.807, 2.05) is 26.0 Å². The van der Waals surface area contributed by atoms with Crippen molar-refractivity contribution in [3.05, 3.63) is 64.7 Å². The molecule has 2 rings (SSSR count). The maximum atomic E-state index is 13.6. The molecule has 2 aromatic carbocycles. The Morgan fingerprint density at radius 1 is 1.00 bits per heavy atom. The van der Waals surface area contributed by atoms with Gasteiger partial charge in [0.2, 0.25) is 21.8 Å². The maximum Gasteiger partial charge on any atom is 0.244 e. The van der Waals surface area contributed by atoms with E-state index in [0.29, 0.717) is 29.6 Å². The Morgan fingerprint density at radius 3 is 2.09 bits per heavy atom. The number of carbonyl (C=O) groups excluding carboxylic acids is 2. The Hall–Kier alpha value is -2.58. The van der Waals surface area contributed by atoms with Crippen LogP contribution in [0.2, 0.25) is 5.02 Å². The molecule has 0 fully saturated rings. The lowest BCUT2D eigenvalue weighted by atomic mass is 10.0. The summed E-state index contributed by atoms with van der Waals surface area (Å²) >= 11 is 6.01. The summed E-state index contributed by atoms with van der Waals surface area (Å²) in [6.45, 7) is 8.12. The summed E-state index contributed by atoms with van der Waals surface area (Å²) in [6.07, 6.45) is 2.23. The molecule has 192 valence electrons. The van der Waals surface area contributed by atoms with E-state index in [1.165, 1.54) is 4.90 Å². The van der Waals surface area contributed by atoms with Gasteiger partial charge in [0.25, 0.3) is 0 Å². The van der Waals surface area contributed by atoms with Gasteiger partial charge >= 0.3 is 0 Å². The van der Waals surface area contributed by atoms with Gasteiger partial charge in [0.05, 0.1) is 11.9 Å². The molecule has 0 unspecified atom stereocenters. The summed E-state index contributed by atoms with van der Waals surface area (Å²) < 4.78 is 26.4. The van der Waals surface area contributed by atoms with Crippen LogP contribution in [0, 0.1) is 0 Å². The van der Waals surface area contributed by atoms with Crippen LogP contribution in [0.1, 0.15) is 57.6 Å². The number of nitrogens with one attached hydrogen (secondary N) is 1. The fraction of sp³-hybridized carbons (Fsp3) is 0.462. The molecule has 1 N–H and O–H groups in total. The predicted octanol–water partition coefficient (Wildman–Crippen LogP) is 4.56. The monoisotopic (exact) mass is 521 g/mol. The Bertz CT molecular complexity index is 1090. The molecule has 2 amide bonds. The van der Waals surface area contributed by atoms with Gasteiger partial charge in [-0.05, 0) is 54.2 Å². The largest absolute Gasteiger partial charge is 0.354 e. The zero-order valence-corrected chi connectivity index (χ0v) is 22.7. The van der Waals surface area contributed by atoms with Gasteiger partial charge in [-0.3, -0.25) is 13.9 Å². The molecular formula is C26H36ClN3O4S. The van der Waals surface area contributed by atoms with Crippen LogP contribution in [-0.4, -0.2) is 50.5 Å². The van der Waals surface area contributed by atoms with Crippen molar-refractivity contribution >= 4 is 39.1 Å². The molecule has 0 radical (unpaired) electrons. The second-order valence-electron chi connectivity index (χ2n) is 8.88. The van der Waals surface area contributed by atoms with Crippen LogP contribution in [0.15, 0.2) is 48.5 Å². The topological polar surface area (TPSA) is 86.8 Å². The molecule has 0 bridgehead atoms. The summed E-state index contributed by atoms with van der Waals surface area (Å²) in [5.74, 6) is -0.431. The van der Waals surface area contributed by atoms with Crippen LogP contribution in [0.25, 0.3) is 0 Å². The highest BCUT2D eigenvalue weighted by Crippen LogP contribution is 2.23. The number of hydrogen-bond acceptors (Lipinski definition) is 4. The number of amides is 2. The van der Waals surface area contributed by atoms with Crippen molar-refractivity contribution in [2.24, 2.45) is 0 Å². The molecule has 0 aliphatic carbocycles. The molecule has 9 heteroatoms. The number of benzene rings is 2. The van der Waals surface area contributed by atoms with E-state index in [2.05, 4.69) is 19.2 Å². The molecule has 0 aliphatic heterocycles. The summed E-state index contributed by atoms with van der Waals surface area (Å²) in [6, 6.07) is 13.4. The Labute approximate surface area is 214 Å². The Kier molecular flexibility index (Phi) is 10.6. The van der Waals surface area contributed by atoms with Gasteiger partial charge in [-0.1, -0.05) is 63.6 Å². The molecule has 0 spiro atoms. The molecule has 0 heterocycles. The highest BCUT2D eigenvalue weighted by molar-refractivity contribution is 7.92. The zero-order chi connectivity index (χ0) is 26.2. The Morgan fingerprint density at radius 2 is 1.60 bits per heavy atom. The van der Waals surface area contributed by atoms with Crippen molar-refractivity contribution in [2.45, 2.75) is 59.0 Å². The van der Waals surface area contributed by atoms with Gasteiger partial charge < -0.3 is 10.2 Å². The first kappa shape index (κ1) is 28.7. The number of anilines is 1. The summed E-state index contributed by atoms with van der Waals surface area (Å²) in [5.41, 5.74) is 2.26. The van der Waals surface area contributed by atoms with Crippen LogP contribution in [0.3, 0.4) is 0 Å². The molecular weight excluding hydrogens is 486 g/mol. The minimum absolute atomic E-state index is 0.151. The lowest BCUT2D eigenvalue weighted by molar-refractivity contribution is -0.140. The normalized spacial score (nSPS) is 12.3. The average Bonchev–Trinajstić information content (AvgIpc) is 2.81. The summed E-state index contributed by atoms with van der Waals surface area (Å²) in [5, 5.41) is 3.42. The number of carbonyl (C=O) groups is 2. The average molecular weight is 522 g/mol. The van der Waals surface area contributed by atoms with Gasteiger partial charge in [0.15, 0.2) is 0 Å². The molecule has 1 atom stereocenters. The molecule has 0 aliphatic rings. The smallest absolute Gasteiger partial charge is 0.244 e. The van der Waals surface area contributed by atoms with Crippen LogP contribution in [0.5, 0.6) is 0 Å². The third kappa shape index (κ3) is 8.25. The molecule has 0 aromatic heterocycles. The first-order valence-corrected chi connectivity index (χ1v) is 14.1. The summed E-state index contributed by atoms with van der Waals surface area (Å²) in [7, 11) is -3.76. The first-order valence-electron chi connectivity index (χ1n) is 11.9. The van der Waals surface area contributed by atoms with Crippen molar-refractivity contribution in [2.75, 3.05) is 23.7 Å². The minimum atomic E-state index is -3.76. The van der Waals surface area contributed by atoms with E-state index in [1.54, 1.807) is 36.4 Å². The fourth-order valence-electron chi connectivity index (χ4n) is 3.71. The van der Waals surface area contributed by atoms with Gasteiger partial charge in [-0.15, -0.1) is 0 Å². The quantitative estimate of drug-likeness (QED) is 0.443. The van der Waals surface area contributed by atoms with Crippen molar-refractivity contribution in [3.63, 3.8) is 0 Å². The van der Waals surface area contributed by atoms with E-state index < -0.39 is 28.5 Å². The van der Waals surface area contributed by atoms with E-state index >= 15 is 0 Å². The lowest BCUT2D eigenvalue weighted by Gasteiger charge is -2.33. The van der Waals surface area contributed by atoms with E-state index in [9.17, 15) is 18.0 Å². The van der Waals surface area contributed by atoms with Crippen molar-refractivity contribution in [3.8, 4) is 0 Å². The van der Waals surface area contributed by atoms with Crippen LogP contribution in [-0.2, 0) is 26.2 Å². The van der Waals surface area contributed by atoms with Crippen LogP contribution >= 0.6 is 11.6 Å². The predicted molar refractivity (Wildman–Crippen MR) is 142 cm³/mol. The van der Waals surface area contributed by atoms with Gasteiger partial charge in [0.1, 0.15) is 12.6 Å². The molecule has 0 saturated carbocycles. The number of nitrogens with zero attached hydrogens (tertiary/aromatic N) is 2. The van der Waals surface area contributed by atoms with E-state index in [4.69, 9.17) is 11.6 Å². The van der Waals surface area contributed by atoms with E-state index in [0.717, 1.165) is 28.1 Å².